The fourth-order valence-corrected chi connectivity index (χ4v) is 2.70. The average Bonchev–Trinajstić information content (AvgIpc) is 2.67. The molecular formula is C21H22N2O3. The minimum atomic E-state index is -0.228. The van der Waals surface area contributed by atoms with Gasteiger partial charge in [-0.25, -0.2) is 0 Å². The Morgan fingerprint density at radius 1 is 1.12 bits per heavy atom. The van der Waals surface area contributed by atoms with Crippen LogP contribution in [0.5, 0.6) is 11.5 Å². The van der Waals surface area contributed by atoms with Gasteiger partial charge in [0.05, 0.1) is 12.8 Å². The molecule has 2 aromatic carbocycles. The maximum atomic E-state index is 12.3. The van der Waals surface area contributed by atoms with Gasteiger partial charge >= 0.3 is 0 Å². The third-order valence-electron chi connectivity index (χ3n) is 4.14. The van der Waals surface area contributed by atoms with Crippen molar-refractivity contribution in [2.45, 2.75) is 19.8 Å². The highest BCUT2D eigenvalue weighted by Crippen LogP contribution is 2.29. The second kappa shape index (κ2) is 7.87. The first-order valence-electron chi connectivity index (χ1n) is 8.53. The molecule has 3 aromatic rings. The smallest absolute Gasteiger partial charge is 0.262 e. The molecule has 0 unspecified atom stereocenters. The summed E-state index contributed by atoms with van der Waals surface area (Å²) in [5.41, 5.74) is 2.62. The molecule has 3 rings (SSSR count). The summed E-state index contributed by atoms with van der Waals surface area (Å²) < 4.78 is 10.9. The summed E-state index contributed by atoms with van der Waals surface area (Å²) in [7, 11) is 1.60. The van der Waals surface area contributed by atoms with Crippen molar-refractivity contribution < 1.29 is 14.3 Å². The first kappa shape index (κ1) is 17.7. The molecule has 5 nitrogen and oxygen atoms in total. The fourth-order valence-electron chi connectivity index (χ4n) is 2.70. The topological polar surface area (TPSA) is 60.5 Å². The van der Waals surface area contributed by atoms with Gasteiger partial charge in [-0.05, 0) is 47.9 Å². The lowest BCUT2D eigenvalue weighted by Gasteiger charge is -2.12. The van der Waals surface area contributed by atoms with E-state index in [-0.39, 0.29) is 12.5 Å². The van der Waals surface area contributed by atoms with Crippen LogP contribution >= 0.6 is 0 Å². The van der Waals surface area contributed by atoms with Crippen molar-refractivity contribution in [1.29, 1.82) is 0 Å². The molecule has 0 aliphatic carbocycles. The predicted octanol–water partition coefficient (Wildman–Crippen LogP) is 4.38. The van der Waals surface area contributed by atoms with Crippen LogP contribution in [0.2, 0.25) is 0 Å². The number of nitrogens with one attached hydrogen (secondary N) is 1. The number of ether oxygens (including phenoxy) is 2. The van der Waals surface area contributed by atoms with E-state index in [9.17, 15) is 4.79 Å². The quantitative estimate of drug-likeness (QED) is 0.716. The summed E-state index contributed by atoms with van der Waals surface area (Å²) in [6.07, 6.45) is 1.69. The molecule has 134 valence electrons. The number of hydrogen-bond donors (Lipinski definition) is 1. The summed E-state index contributed by atoms with van der Waals surface area (Å²) in [6.45, 7) is 4.21. The lowest BCUT2D eigenvalue weighted by molar-refractivity contribution is -0.118. The minimum Gasteiger partial charge on any atom is -0.494 e. The van der Waals surface area contributed by atoms with Crippen LogP contribution in [0.15, 0.2) is 54.7 Å². The number of nitrogens with zero attached hydrogens (tertiary/aromatic N) is 1. The van der Waals surface area contributed by atoms with E-state index < -0.39 is 0 Å². The Hall–Kier alpha value is -3.08. The minimum absolute atomic E-state index is 0.0607. The molecule has 1 amide bonds. The van der Waals surface area contributed by atoms with E-state index in [1.165, 1.54) is 5.56 Å². The molecule has 0 radical (unpaired) electrons. The van der Waals surface area contributed by atoms with Crippen LogP contribution in [0.25, 0.3) is 10.9 Å². The molecule has 1 N–H and O–H groups in total. The Morgan fingerprint density at radius 3 is 2.58 bits per heavy atom. The summed E-state index contributed by atoms with van der Waals surface area (Å²) >= 11 is 0. The van der Waals surface area contributed by atoms with Gasteiger partial charge in [0.15, 0.2) is 6.61 Å². The number of aromatic nitrogens is 1. The molecule has 0 atom stereocenters. The number of carbonyl (C=O) groups excluding carboxylic acids is 1. The number of fused-ring (bicyclic) bond motifs is 1. The molecule has 5 heteroatoms. The summed E-state index contributed by atoms with van der Waals surface area (Å²) in [4.78, 5) is 16.6. The Balaban J connectivity index is 1.68. The van der Waals surface area contributed by atoms with Crippen LogP contribution in [0.4, 0.5) is 5.69 Å². The monoisotopic (exact) mass is 350 g/mol. The van der Waals surface area contributed by atoms with Crippen molar-refractivity contribution in [1.82, 2.24) is 4.98 Å². The van der Waals surface area contributed by atoms with E-state index in [4.69, 9.17) is 9.47 Å². The second-order valence-corrected chi connectivity index (χ2v) is 6.28. The van der Waals surface area contributed by atoms with Crippen LogP contribution in [-0.4, -0.2) is 24.6 Å². The zero-order valence-corrected chi connectivity index (χ0v) is 15.2. The van der Waals surface area contributed by atoms with Crippen molar-refractivity contribution >= 4 is 22.5 Å². The predicted molar refractivity (Wildman–Crippen MR) is 103 cm³/mol. The molecule has 0 aliphatic rings. The number of anilines is 1. The molecule has 1 aromatic heterocycles. The number of hydrogen-bond acceptors (Lipinski definition) is 4. The maximum Gasteiger partial charge on any atom is 0.262 e. The van der Waals surface area contributed by atoms with Crippen LogP contribution in [0.3, 0.4) is 0 Å². The number of amides is 1. The molecular weight excluding hydrogens is 328 g/mol. The standard InChI is InChI=1S/C21H22N2O3/c1-14(2)15-6-8-16(9-7-15)26-13-20(24)23-18-10-11-19(25-3)21-17(18)5-4-12-22-21/h4-12,14H,13H2,1-3H3,(H,23,24). The number of carbonyl (C=O) groups is 1. The fraction of sp³-hybridized carbons (Fsp3) is 0.238. The van der Waals surface area contributed by atoms with Gasteiger partial charge < -0.3 is 14.8 Å². The van der Waals surface area contributed by atoms with E-state index in [1.807, 2.05) is 36.4 Å². The summed E-state index contributed by atoms with van der Waals surface area (Å²) in [6, 6.07) is 15.1. The van der Waals surface area contributed by atoms with E-state index in [2.05, 4.69) is 24.1 Å². The van der Waals surface area contributed by atoms with Gasteiger partial charge in [-0.2, -0.15) is 0 Å². The zero-order chi connectivity index (χ0) is 18.5. The van der Waals surface area contributed by atoms with Gasteiger partial charge in [0.1, 0.15) is 17.0 Å². The van der Waals surface area contributed by atoms with Gasteiger partial charge in [0.2, 0.25) is 0 Å². The van der Waals surface area contributed by atoms with Crippen molar-refractivity contribution in [3.63, 3.8) is 0 Å². The summed E-state index contributed by atoms with van der Waals surface area (Å²) in [5.74, 6) is 1.57. The van der Waals surface area contributed by atoms with E-state index in [0.29, 0.717) is 28.6 Å². The molecule has 26 heavy (non-hydrogen) atoms. The first-order chi connectivity index (χ1) is 12.6. The third-order valence-corrected chi connectivity index (χ3v) is 4.14. The molecule has 0 spiro atoms. The Labute approximate surface area is 153 Å². The van der Waals surface area contributed by atoms with Gasteiger partial charge in [-0.1, -0.05) is 26.0 Å². The van der Waals surface area contributed by atoms with Gasteiger partial charge in [0, 0.05) is 11.6 Å². The number of benzene rings is 2. The zero-order valence-electron chi connectivity index (χ0n) is 15.2. The van der Waals surface area contributed by atoms with Crippen molar-refractivity contribution in [2.75, 3.05) is 19.0 Å². The highest BCUT2D eigenvalue weighted by molar-refractivity contribution is 6.03. The van der Waals surface area contributed by atoms with E-state index in [1.54, 1.807) is 25.4 Å². The third kappa shape index (κ3) is 3.94. The largest absolute Gasteiger partial charge is 0.494 e. The molecule has 0 aliphatic heterocycles. The average molecular weight is 350 g/mol. The van der Waals surface area contributed by atoms with E-state index in [0.717, 1.165) is 5.39 Å². The maximum absolute atomic E-state index is 12.3. The van der Waals surface area contributed by atoms with Crippen LogP contribution in [-0.2, 0) is 4.79 Å². The lowest BCUT2D eigenvalue weighted by Crippen LogP contribution is -2.20. The van der Waals surface area contributed by atoms with Gasteiger partial charge in [0.25, 0.3) is 5.91 Å². The Morgan fingerprint density at radius 2 is 1.88 bits per heavy atom. The molecule has 0 fully saturated rings. The highest BCUT2D eigenvalue weighted by atomic mass is 16.5. The number of pyridine rings is 1. The highest BCUT2D eigenvalue weighted by Gasteiger charge is 2.10. The van der Waals surface area contributed by atoms with Gasteiger partial charge in [-0.15, -0.1) is 0 Å². The number of rotatable bonds is 6. The first-order valence-corrected chi connectivity index (χ1v) is 8.53. The van der Waals surface area contributed by atoms with Crippen LogP contribution < -0.4 is 14.8 Å². The van der Waals surface area contributed by atoms with Crippen LogP contribution in [0, 0.1) is 0 Å². The Kier molecular flexibility index (Phi) is 5.37. The molecule has 1 heterocycles. The molecule has 0 bridgehead atoms. The molecule has 0 saturated heterocycles. The number of methoxy groups -OCH3 is 1. The van der Waals surface area contributed by atoms with Crippen molar-refractivity contribution in [3.05, 3.63) is 60.3 Å². The van der Waals surface area contributed by atoms with Crippen molar-refractivity contribution in [3.8, 4) is 11.5 Å². The van der Waals surface area contributed by atoms with Crippen molar-refractivity contribution in [2.24, 2.45) is 0 Å². The molecule has 0 saturated carbocycles. The normalized spacial score (nSPS) is 10.8. The van der Waals surface area contributed by atoms with Crippen LogP contribution in [0.1, 0.15) is 25.3 Å². The lowest BCUT2D eigenvalue weighted by atomic mass is 10.0. The van der Waals surface area contributed by atoms with E-state index >= 15 is 0 Å². The second-order valence-electron chi connectivity index (χ2n) is 6.28. The SMILES string of the molecule is COc1ccc(NC(=O)COc2ccc(C(C)C)cc2)c2cccnc12. The van der Waals surface area contributed by atoms with Gasteiger partial charge in [-0.3, -0.25) is 9.78 Å². The Bertz CT molecular complexity index is 905. The summed E-state index contributed by atoms with van der Waals surface area (Å²) in [5, 5.41) is 3.70.